The lowest BCUT2D eigenvalue weighted by atomic mass is 9.89. The van der Waals surface area contributed by atoms with E-state index in [1.165, 1.54) is 12.1 Å². The van der Waals surface area contributed by atoms with Crippen LogP contribution in [0.4, 0.5) is 4.39 Å². The summed E-state index contributed by atoms with van der Waals surface area (Å²) in [5.74, 6) is -0.304. The first-order chi connectivity index (χ1) is 4.33. The molecule has 0 unspecified atom stereocenters. The number of halogens is 1. The molecule has 3 heteroatoms. The Balaban J connectivity index is 2.94. The number of hydrogen-bond acceptors (Lipinski definition) is 1. The van der Waals surface area contributed by atoms with Crippen LogP contribution >= 0.6 is 0 Å². The lowest BCUT2D eigenvalue weighted by Crippen LogP contribution is -2.12. The summed E-state index contributed by atoms with van der Waals surface area (Å²) >= 11 is 0. The Morgan fingerprint density at radius 3 is 2.67 bits per heavy atom. The molecule has 0 radical (unpaired) electrons. The Labute approximate surface area is 53.4 Å². The highest BCUT2D eigenvalue weighted by Crippen LogP contribution is 1.90. The van der Waals surface area contributed by atoms with Gasteiger partial charge in [-0.25, -0.2) is 4.39 Å². The molecule has 46 valence electrons. The van der Waals surface area contributed by atoms with Crippen LogP contribution in [0.15, 0.2) is 24.3 Å². The summed E-state index contributed by atoms with van der Waals surface area (Å²) in [4.78, 5) is 0. The van der Waals surface area contributed by atoms with Crippen LogP contribution in [-0.2, 0) is 0 Å². The van der Waals surface area contributed by atoms with Gasteiger partial charge in [0.15, 0.2) is 0 Å². The first kappa shape index (κ1) is 6.30. The fourth-order valence-electron chi connectivity index (χ4n) is 0.635. The molecule has 0 fully saturated rings. The Hall–Kier alpha value is -0.825. The SMILES string of the molecule is OBc1cccc(F)c1. The van der Waals surface area contributed by atoms with Gasteiger partial charge < -0.3 is 5.02 Å². The van der Waals surface area contributed by atoms with Gasteiger partial charge in [0.05, 0.1) is 0 Å². The second-order valence-corrected chi connectivity index (χ2v) is 1.79. The Morgan fingerprint density at radius 1 is 1.44 bits per heavy atom. The van der Waals surface area contributed by atoms with Crippen LogP contribution in [0.2, 0.25) is 0 Å². The molecule has 0 saturated carbocycles. The highest BCUT2D eigenvalue weighted by molar-refractivity contribution is 6.45. The van der Waals surface area contributed by atoms with Crippen molar-refractivity contribution in [1.29, 1.82) is 0 Å². The molecule has 0 heterocycles. The van der Waals surface area contributed by atoms with Crippen LogP contribution in [0.3, 0.4) is 0 Å². The van der Waals surface area contributed by atoms with Crippen molar-refractivity contribution < 1.29 is 9.41 Å². The smallest absolute Gasteiger partial charge is 0.304 e. The van der Waals surface area contributed by atoms with Crippen LogP contribution in [-0.4, -0.2) is 12.5 Å². The molecule has 0 spiro atoms. The van der Waals surface area contributed by atoms with E-state index in [1.54, 1.807) is 12.1 Å². The van der Waals surface area contributed by atoms with E-state index >= 15 is 0 Å². The van der Waals surface area contributed by atoms with Crippen molar-refractivity contribution in [3.8, 4) is 0 Å². The van der Waals surface area contributed by atoms with Crippen molar-refractivity contribution in [1.82, 2.24) is 0 Å². The first-order valence-electron chi connectivity index (χ1n) is 2.68. The zero-order valence-electron chi connectivity index (χ0n) is 4.84. The summed E-state index contributed by atoms with van der Waals surface area (Å²) in [7, 11) is -0.0994. The van der Waals surface area contributed by atoms with Gasteiger partial charge in [-0.15, -0.1) is 0 Å². The van der Waals surface area contributed by atoms with Gasteiger partial charge in [0, 0.05) is 0 Å². The minimum atomic E-state index is -0.304. The average Bonchev–Trinajstić information content (AvgIpc) is 1.88. The van der Waals surface area contributed by atoms with Crippen molar-refractivity contribution >= 4 is 12.9 Å². The van der Waals surface area contributed by atoms with E-state index in [0.29, 0.717) is 5.46 Å². The second kappa shape index (κ2) is 2.64. The number of rotatable bonds is 1. The van der Waals surface area contributed by atoms with Crippen molar-refractivity contribution in [2.24, 2.45) is 0 Å². The summed E-state index contributed by atoms with van der Waals surface area (Å²) in [6.45, 7) is 0. The fraction of sp³-hybridized carbons (Fsp3) is 0. The zero-order valence-corrected chi connectivity index (χ0v) is 4.84. The molecule has 1 N–H and O–H groups in total. The van der Waals surface area contributed by atoms with E-state index in [-0.39, 0.29) is 13.3 Å². The predicted octanol–water partition coefficient (Wildman–Crippen LogP) is -0.205. The Kier molecular flexibility index (Phi) is 1.85. The van der Waals surface area contributed by atoms with E-state index in [2.05, 4.69) is 0 Å². The van der Waals surface area contributed by atoms with Gasteiger partial charge >= 0.3 is 7.48 Å². The maximum absolute atomic E-state index is 12.2. The third-order valence-corrected chi connectivity index (χ3v) is 1.07. The van der Waals surface area contributed by atoms with Crippen LogP contribution < -0.4 is 5.46 Å². The molecule has 1 rings (SSSR count). The maximum atomic E-state index is 12.2. The fourth-order valence-corrected chi connectivity index (χ4v) is 0.635. The van der Waals surface area contributed by atoms with Gasteiger partial charge in [0.2, 0.25) is 0 Å². The van der Waals surface area contributed by atoms with E-state index in [4.69, 9.17) is 5.02 Å². The van der Waals surface area contributed by atoms with Gasteiger partial charge in [-0.2, -0.15) is 0 Å². The molecule has 0 aliphatic carbocycles. The van der Waals surface area contributed by atoms with E-state index in [1.807, 2.05) is 0 Å². The summed E-state index contributed by atoms with van der Waals surface area (Å²) in [5, 5.41) is 8.50. The minimum absolute atomic E-state index is 0.0994. The molecular weight excluding hydrogens is 118 g/mol. The lowest BCUT2D eigenvalue weighted by Gasteiger charge is -1.90. The summed E-state index contributed by atoms with van der Waals surface area (Å²) in [5.41, 5.74) is 0.606. The normalized spacial score (nSPS) is 9.11. The minimum Gasteiger partial charge on any atom is -0.449 e. The average molecular weight is 124 g/mol. The molecule has 0 aromatic heterocycles. The summed E-state index contributed by atoms with van der Waals surface area (Å²) in [6, 6.07) is 5.89. The summed E-state index contributed by atoms with van der Waals surface area (Å²) in [6.07, 6.45) is 0. The number of hydrogen-bond donors (Lipinski definition) is 1. The molecule has 0 aliphatic heterocycles. The standard InChI is InChI=1S/C6H6BFO/c8-6-3-1-2-5(4-6)7-9/h1-4,7,9H. The molecule has 0 saturated heterocycles. The van der Waals surface area contributed by atoms with E-state index in [9.17, 15) is 4.39 Å². The van der Waals surface area contributed by atoms with E-state index in [0.717, 1.165) is 0 Å². The first-order valence-corrected chi connectivity index (χ1v) is 2.68. The third-order valence-electron chi connectivity index (χ3n) is 1.07. The third kappa shape index (κ3) is 1.54. The van der Waals surface area contributed by atoms with Crippen molar-refractivity contribution in [2.75, 3.05) is 0 Å². The highest BCUT2D eigenvalue weighted by Gasteiger charge is 1.92. The molecule has 0 atom stereocenters. The highest BCUT2D eigenvalue weighted by atomic mass is 19.1. The van der Waals surface area contributed by atoms with Crippen LogP contribution in [0.1, 0.15) is 0 Å². The Morgan fingerprint density at radius 2 is 2.22 bits per heavy atom. The van der Waals surface area contributed by atoms with Crippen LogP contribution in [0.25, 0.3) is 0 Å². The van der Waals surface area contributed by atoms with E-state index < -0.39 is 0 Å². The monoisotopic (exact) mass is 124 g/mol. The van der Waals surface area contributed by atoms with Crippen LogP contribution in [0, 0.1) is 5.82 Å². The molecule has 1 nitrogen and oxygen atoms in total. The largest absolute Gasteiger partial charge is 0.449 e. The van der Waals surface area contributed by atoms with Crippen molar-refractivity contribution in [2.45, 2.75) is 0 Å². The molecule has 9 heavy (non-hydrogen) atoms. The topological polar surface area (TPSA) is 20.2 Å². The second-order valence-electron chi connectivity index (χ2n) is 1.79. The molecule has 0 aliphatic rings. The lowest BCUT2D eigenvalue weighted by molar-refractivity contribution is 0.611. The quantitative estimate of drug-likeness (QED) is 0.513. The molecule has 0 amide bonds. The van der Waals surface area contributed by atoms with Gasteiger partial charge in [0.1, 0.15) is 5.82 Å². The van der Waals surface area contributed by atoms with Gasteiger partial charge in [-0.1, -0.05) is 17.6 Å². The molecular formula is C6H6BFO. The van der Waals surface area contributed by atoms with Crippen LogP contribution in [0.5, 0.6) is 0 Å². The predicted molar refractivity (Wildman–Crippen MR) is 35.4 cm³/mol. The molecule has 0 bridgehead atoms. The van der Waals surface area contributed by atoms with Crippen molar-refractivity contribution in [3.05, 3.63) is 30.1 Å². The maximum Gasteiger partial charge on any atom is 0.304 e. The zero-order chi connectivity index (χ0) is 6.69. The summed E-state index contributed by atoms with van der Waals surface area (Å²) < 4.78 is 12.2. The van der Waals surface area contributed by atoms with Gasteiger partial charge in [0.25, 0.3) is 0 Å². The molecule has 1 aromatic carbocycles. The number of benzene rings is 1. The van der Waals surface area contributed by atoms with Crippen molar-refractivity contribution in [3.63, 3.8) is 0 Å². The van der Waals surface area contributed by atoms with Gasteiger partial charge in [-0.05, 0) is 12.1 Å². The molecule has 1 aromatic rings. The van der Waals surface area contributed by atoms with Gasteiger partial charge in [-0.3, -0.25) is 0 Å². The Bertz CT molecular complexity index is 202.